The summed E-state index contributed by atoms with van der Waals surface area (Å²) in [4.78, 5) is 11.0. The first kappa shape index (κ1) is 12.7. The number of amides is 1. The molecule has 0 bridgehead atoms. The van der Waals surface area contributed by atoms with Crippen LogP contribution in [0, 0.1) is 0 Å². The maximum Gasteiger partial charge on any atom is 0.250 e. The summed E-state index contributed by atoms with van der Waals surface area (Å²) in [6.07, 6.45) is 0. The second-order valence-electron chi connectivity index (χ2n) is 3.17. The Morgan fingerprint density at radius 1 is 1.38 bits per heavy atom. The van der Waals surface area contributed by atoms with Gasteiger partial charge in [-0.05, 0) is 12.1 Å². The number of hydrogen-bond acceptors (Lipinski definition) is 4. The molecule has 88 valence electrons. The Kier molecular flexibility index (Phi) is 4.03. The molecule has 1 aromatic rings. The Hall–Kier alpha value is -1.40. The first-order valence-electron chi connectivity index (χ1n) is 4.59. The summed E-state index contributed by atoms with van der Waals surface area (Å²) < 4.78 is 28.4. The topological polar surface area (TPSA) is 86.5 Å². The molecule has 0 radical (unpaired) electrons. The number of nitrogens with two attached hydrogens (primary N) is 1. The SMILES string of the molecule is COCCS(=O)(=O)c1ccccc1C(N)=O. The number of primary amides is 1. The molecule has 0 aliphatic heterocycles. The summed E-state index contributed by atoms with van der Waals surface area (Å²) in [7, 11) is -2.11. The lowest BCUT2D eigenvalue weighted by Crippen LogP contribution is -2.19. The molecular weight excluding hydrogens is 230 g/mol. The fourth-order valence-electron chi connectivity index (χ4n) is 1.24. The maximum atomic E-state index is 11.8. The molecule has 0 aromatic heterocycles. The summed E-state index contributed by atoms with van der Waals surface area (Å²) in [5.41, 5.74) is 5.12. The molecule has 1 amide bonds. The average molecular weight is 243 g/mol. The fourth-order valence-corrected chi connectivity index (χ4v) is 2.64. The summed E-state index contributed by atoms with van der Waals surface area (Å²) in [6, 6.07) is 5.87. The Balaban J connectivity index is 3.17. The number of rotatable bonds is 5. The van der Waals surface area contributed by atoms with Crippen molar-refractivity contribution in [3.8, 4) is 0 Å². The van der Waals surface area contributed by atoms with Gasteiger partial charge in [-0.2, -0.15) is 0 Å². The molecule has 5 nitrogen and oxygen atoms in total. The van der Waals surface area contributed by atoms with Crippen molar-refractivity contribution in [2.75, 3.05) is 19.5 Å². The first-order valence-corrected chi connectivity index (χ1v) is 6.25. The van der Waals surface area contributed by atoms with Crippen molar-refractivity contribution >= 4 is 15.7 Å². The third-order valence-electron chi connectivity index (χ3n) is 2.04. The Bertz CT molecular complexity index is 481. The van der Waals surface area contributed by atoms with Crippen LogP contribution in [0.25, 0.3) is 0 Å². The number of ether oxygens (including phenoxy) is 1. The number of carbonyl (C=O) groups excluding carboxylic acids is 1. The molecule has 0 saturated carbocycles. The maximum absolute atomic E-state index is 11.8. The summed E-state index contributed by atoms with van der Waals surface area (Å²) >= 11 is 0. The molecule has 0 aliphatic carbocycles. The van der Waals surface area contributed by atoms with Crippen molar-refractivity contribution in [3.05, 3.63) is 29.8 Å². The zero-order valence-electron chi connectivity index (χ0n) is 8.84. The lowest BCUT2D eigenvalue weighted by Gasteiger charge is -2.07. The zero-order chi connectivity index (χ0) is 12.2. The molecule has 6 heteroatoms. The van der Waals surface area contributed by atoms with E-state index in [2.05, 4.69) is 0 Å². The van der Waals surface area contributed by atoms with Gasteiger partial charge < -0.3 is 10.5 Å². The van der Waals surface area contributed by atoms with Crippen LogP contribution in [-0.4, -0.2) is 33.8 Å². The summed E-state index contributed by atoms with van der Waals surface area (Å²) in [5.74, 6) is -0.926. The largest absolute Gasteiger partial charge is 0.384 e. The van der Waals surface area contributed by atoms with E-state index in [1.165, 1.54) is 19.2 Å². The van der Waals surface area contributed by atoms with Crippen LogP contribution in [0.1, 0.15) is 10.4 Å². The van der Waals surface area contributed by atoms with Gasteiger partial charge in [0.25, 0.3) is 0 Å². The summed E-state index contributed by atoms with van der Waals surface area (Å²) in [5, 5.41) is 0. The Labute approximate surface area is 94.1 Å². The predicted octanol–water partition coefficient (Wildman–Crippen LogP) is 0.206. The van der Waals surface area contributed by atoms with Crippen molar-refractivity contribution in [2.45, 2.75) is 4.90 Å². The fraction of sp³-hybridized carbons (Fsp3) is 0.300. The normalized spacial score (nSPS) is 11.3. The first-order chi connectivity index (χ1) is 7.49. The average Bonchev–Trinajstić information content (AvgIpc) is 2.26. The second-order valence-corrected chi connectivity index (χ2v) is 5.25. The van der Waals surface area contributed by atoms with Crippen molar-refractivity contribution in [1.29, 1.82) is 0 Å². The van der Waals surface area contributed by atoms with Crippen LogP contribution in [0.2, 0.25) is 0 Å². The molecule has 0 saturated heterocycles. The van der Waals surface area contributed by atoms with E-state index >= 15 is 0 Å². The molecule has 16 heavy (non-hydrogen) atoms. The highest BCUT2D eigenvalue weighted by atomic mass is 32.2. The number of benzene rings is 1. The summed E-state index contributed by atoms with van der Waals surface area (Å²) in [6.45, 7) is 0.0788. The Morgan fingerprint density at radius 2 is 2.00 bits per heavy atom. The van der Waals surface area contributed by atoms with Crippen LogP contribution in [0.3, 0.4) is 0 Å². The zero-order valence-corrected chi connectivity index (χ0v) is 9.66. The third-order valence-corrected chi connectivity index (χ3v) is 3.77. The second kappa shape index (κ2) is 5.09. The van der Waals surface area contributed by atoms with E-state index in [1.807, 2.05) is 0 Å². The molecular formula is C10H13NO4S. The lowest BCUT2D eigenvalue weighted by molar-refractivity contribution is 0.0997. The van der Waals surface area contributed by atoms with Crippen molar-refractivity contribution in [1.82, 2.24) is 0 Å². The minimum atomic E-state index is -3.52. The number of hydrogen-bond donors (Lipinski definition) is 1. The van der Waals surface area contributed by atoms with Gasteiger partial charge >= 0.3 is 0 Å². The van der Waals surface area contributed by atoms with Crippen LogP contribution in [-0.2, 0) is 14.6 Å². The predicted molar refractivity (Wildman–Crippen MR) is 58.9 cm³/mol. The van der Waals surface area contributed by atoms with Crippen LogP contribution in [0.15, 0.2) is 29.2 Å². The van der Waals surface area contributed by atoms with E-state index in [0.717, 1.165) is 0 Å². The minimum absolute atomic E-state index is 0.0126. The van der Waals surface area contributed by atoms with Crippen molar-refractivity contribution in [3.63, 3.8) is 0 Å². The van der Waals surface area contributed by atoms with Crippen LogP contribution < -0.4 is 5.73 Å². The molecule has 0 spiro atoms. The van der Waals surface area contributed by atoms with E-state index in [-0.39, 0.29) is 22.8 Å². The van der Waals surface area contributed by atoms with Gasteiger partial charge in [0.2, 0.25) is 5.91 Å². The highest BCUT2D eigenvalue weighted by Crippen LogP contribution is 2.16. The minimum Gasteiger partial charge on any atom is -0.384 e. The standard InChI is InChI=1S/C10H13NO4S/c1-15-6-7-16(13,14)9-5-3-2-4-8(9)10(11)12/h2-5H,6-7H2,1H3,(H2,11,12). The monoisotopic (exact) mass is 243 g/mol. The molecule has 0 heterocycles. The van der Waals surface area contributed by atoms with Crippen LogP contribution in [0.4, 0.5) is 0 Å². The number of carbonyl (C=O) groups is 1. The van der Waals surface area contributed by atoms with Crippen molar-refractivity contribution < 1.29 is 17.9 Å². The molecule has 1 rings (SSSR count). The van der Waals surface area contributed by atoms with E-state index in [4.69, 9.17) is 10.5 Å². The smallest absolute Gasteiger partial charge is 0.250 e. The molecule has 0 atom stereocenters. The highest BCUT2D eigenvalue weighted by molar-refractivity contribution is 7.91. The molecule has 0 aliphatic rings. The quantitative estimate of drug-likeness (QED) is 0.800. The third kappa shape index (κ3) is 2.80. The number of methoxy groups -OCH3 is 1. The highest BCUT2D eigenvalue weighted by Gasteiger charge is 2.20. The van der Waals surface area contributed by atoms with Crippen LogP contribution in [0.5, 0.6) is 0 Å². The molecule has 1 aromatic carbocycles. The Morgan fingerprint density at radius 3 is 2.56 bits per heavy atom. The van der Waals surface area contributed by atoms with Gasteiger partial charge in [0.1, 0.15) is 0 Å². The van der Waals surface area contributed by atoms with E-state index in [1.54, 1.807) is 12.1 Å². The van der Waals surface area contributed by atoms with E-state index in [0.29, 0.717) is 0 Å². The number of sulfone groups is 1. The van der Waals surface area contributed by atoms with Gasteiger partial charge in [0.05, 0.1) is 22.8 Å². The molecule has 0 fully saturated rings. The van der Waals surface area contributed by atoms with Gasteiger partial charge in [0, 0.05) is 7.11 Å². The van der Waals surface area contributed by atoms with E-state index in [9.17, 15) is 13.2 Å². The molecule has 0 unspecified atom stereocenters. The van der Waals surface area contributed by atoms with Crippen LogP contribution >= 0.6 is 0 Å². The van der Waals surface area contributed by atoms with Gasteiger partial charge in [-0.1, -0.05) is 12.1 Å². The van der Waals surface area contributed by atoms with Crippen molar-refractivity contribution in [2.24, 2.45) is 5.73 Å². The van der Waals surface area contributed by atoms with Gasteiger partial charge in [0.15, 0.2) is 9.84 Å². The molecule has 2 N–H and O–H groups in total. The lowest BCUT2D eigenvalue weighted by atomic mass is 10.2. The van der Waals surface area contributed by atoms with Gasteiger partial charge in [-0.15, -0.1) is 0 Å². The van der Waals surface area contributed by atoms with E-state index < -0.39 is 15.7 Å². The van der Waals surface area contributed by atoms with Gasteiger partial charge in [-0.3, -0.25) is 4.79 Å². The van der Waals surface area contributed by atoms with Gasteiger partial charge in [-0.25, -0.2) is 8.42 Å².